The molecule has 0 aromatic rings. The van der Waals surface area contributed by atoms with Crippen molar-refractivity contribution in [1.29, 1.82) is 0 Å². The van der Waals surface area contributed by atoms with E-state index in [9.17, 15) is 0 Å². The molecule has 0 amide bonds. The molecule has 12 heavy (non-hydrogen) atoms. The highest BCUT2D eigenvalue weighted by molar-refractivity contribution is 5.10. The molecule has 70 valence electrons. The first-order chi connectivity index (χ1) is 5.63. The second-order valence-corrected chi connectivity index (χ2v) is 4.81. The minimum absolute atomic E-state index is 0.189. The van der Waals surface area contributed by atoms with Crippen LogP contribution in [0.5, 0.6) is 0 Å². The van der Waals surface area contributed by atoms with Crippen LogP contribution in [0.4, 0.5) is 0 Å². The van der Waals surface area contributed by atoms with Gasteiger partial charge in [0.15, 0.2) is 0 Å². The summed E-state index contributed by atoms with van der Waals surface area (Å²) in [4.78, 5) is 2.57. The molecule has 2 aliphatic rings. The molecule has 2 nitrogen and oxygen atoms in total. The smallest absolute Gasteiger partial charge is 0.0316 e. The highest BCUT2D eigenvalue weighted by atomic mass is 15.2. The summed E-state index contributed by atoms with van der Waals surface area (Å²) in [5.41, 5.74) is 6.45. The van der Waals surface area contributed by atoms with Crippen LogP contribution in [0, 0.1) is 5.92 Å². The third kappa shape index (κ3) is 1.27. The maximum atomic E-state index is 6.26. The van der Waals surface area contributed by atoms with Gasteiger partial charge in [-0.25, -0.2) is 0 Å². The van der Waals surface area contributed by atoms with Gasteiger partial charge in [0.1, 0.15) is 0 Å². The van der Waals surface area contributed by atoms with Crippen molar-refractivity contribution >= 4 is 0 Å². The molecule has 1 aliphatic heterocycles. The molecule has 1 saturated carbocycles. The van der Waals surface area contributed by atoms with E-state index in [1.807, 2.05) is 0 Å². The molecule has 0 bridgehead atoms. The predicted molar refractivity (Wildman–Crippen MR) is 51.0 cm³/mol. The highest BCUT2D eigenvalue weighted by Gasteiger charge is 2.50. The normalized spacial score (nSPS) is 30.0. The van der Waals surface area contributed by atoms with Crippen LogP contribution in [0.2, 0.25) is 0 Å². The number of likely N-dealkylation sites (tertiary alicyclic amines) is 1. The fourth-order valence-electron chi connectivity index (χ4n) is 2.51. The summed E-state index contributed by atoms with van der Waals surface area (Å²) in [6.45, 7) is 7.16. The Hall–Kier alpha value is -0.0800. The number of rotatable bonds is 3. The van der Waals surface area contributed by atoms with Crippen LogP contribution in [0.1, 0.15) is 33.1 Å². The second kappa shape index (κ2) is 2.71. The number of nitrogens with zero attached hydrogens (tertiary/aromatic N) is 1. The Labute approximate surface area is 75.1 Å². The average Bonchev–Trinajstić information content (AvgIpc) is 2.58. The van der Waals surface area contributed by atoms with Crippen LogP contribution >= 0.6 is 0 Å². The topological polar surface area (TPSA) is 29.3 Å². The lowest BCUT2D eigenvalue weighted by molar-refractivity contribution is 0.0635. The zero-order chi connectivity index (χ0) is 8.77. The quantitative estimate of drug-likeness (QED) is 0.686. The van der Waals surface area contributed by atoms with E-state index >= 15 is 0 Å². The summed E-state index contributed by atoms with van der Waals surface area (Å²) >= 11 is 0. The van der Waals surface area contributed by atoms with Crippen molar-refractivity contribution in [3.63, 3.8) is 0 Å². The van der Waals surface area contributed by atoms with Gasteiger partial charge in [-0.1, -0.05) is 13.8 Å². The molecule has 0 radical (unpaired) electrons. The molecule has 0 aromatic heterocycles. The summed E-state index contributed by atoms with van der Waals surface area (Å²) in [6, 6.07) is 0.659. The Kier molecular flexibility index (Phi) is 1.92. The van der Waals surface area contributed by atoms with Crippen LogP contribution in [-0.2, 0) is 0 Å². The van der Waals surface area contributed by atoms with Crippen LogP contribution in [-0.4, -0.2) is 29.6 Å². The minimum Gasteiger partial charge on any atom is -0.324 e. The number of hydrogen-bond donors (Lipinski definition) is 1. The van der Waals surface area contributed by atoms with Crippen molar-refractivity contribution in [2.75, 3.05) is 13.1 Å². The zero-order valence-electron chi connectivity index (χ0n) is 8.21. The summed E-state index contributed by atoms with van der Waals surface area (Å²) in [7, 11) is 0. The van der Waals surface area contributed by atoms with Gasteiger partial charge in [0, 0.05) is 11.6 Å². The summed E-state index contributed by atoms with van der Waals surface area (Å²) in [5.74, 6) is 0.720. The first-order valence-electron chi connectivity index (χ1n) is 5.16. The van der Waals surface area contributed by atoms with Gasteiger partial charge in [0.05, 0.1) is 0 Å². The Morgan fingerprint density at radius 2 is 1.83 bits per heavy atom. The molecule has 1 heterocycles. The third-order valence-corrected chi connectivity index (χ3v) is 3.33. The van der Waals surface area contributed by atoms with E-state index in [0.29, 0.717) is 6.04 Å². The van der Waals surface area contributed by atoms with Crippen LogP contribution in [0.3, 0.4) is 0 Å². The van der Waals surface area contributed by atoms with E-state index in [0.717, 1.165) is 5.92 Å². The van der Waals surface area contributed by atoms with Crippen molar-refractivity contribution in [3.8, 4) is 0 Å². The lowest BCUT2D eigenvalue weighted by Crippen LogP contribution is -2.57. The third-order valence-electron chi connectivity index (χ3n) is 3.33. The van der Waals surface area contributed by atoms with E-state index in [4.69, 9.17) is 5.73 Å². The van der Waals surface area contributed by atoms with Crippen LogP contribution in [0.15, 0.2) is 0 Å². The van der Waals surface area contributed by atoms with E-state index in [-0.39, 0.29) is 5.54 Å². The molecular formula is C10H20N2. The van der Waals surface area contributed by atoms with Gasteiger partial charge in [0.25, 0.3) is 0 Å². The summed E-state index contributed by atoms with van der Waals surface area (Å²) in [6.07, 6.45) is 3.86. The van der Waals surface area contributed by atoms with Gasteiger partial charge in [-0.05, 0) is 38.3 Å². The van der Waals surface area contributed by atoms with Gasteiger partial charge < -0.3 is 5.73 Å². The Morgan fingerprint density at radius 3 is 2.08 bits per heavy atom. The SMILES string of the molecule is CC(C)C(N1CCC1)C1(N)CC1. The lowest BCUT2D eigenvalue weighted by Gasteiger charge is -2.44. The second-order valence-electron chi connectivity index (χ2n) is 4.81. The summed E-state index contributed by atoms with van der Waals surface area (Å²) in [5, 5.41) is 0. The lowest BCUT2D eigenvalue weighted by atomic mass is 9.91. The molecule has 0 spiro atoms. The molecule has 1 aliphatic carbocycles. The van der Waals surface area contributed by atoms with Crippen molar-refractivity contribution in [2.24, 2.45) is 11.7 Å². The Bertz CT molecular complexity index is 169. The van der Waals surface area contributed by atoms with E-state index in [2.05, 4.69) is 18.7 Å². The molecule has 2 fully saturated rings. The fraction of sp³-hybridized carbons (Fsp3) is 1.00. The van der Waals surface area contributed by atoms with Gasteiger partial charge in [0.2, 0.25) is 0 Å². The molecule has 1 saturated heterocycles. The highest BCUT2D eigenvalue weighted by Crippen LogP contribution is 2.42. The zero-order valence-corrected chi connectivity index (χ0v) is 8.21. The van der Waals surface area contributed by atoms with Crippen molar-refractivity contribution in [2.45, 2.75) is 44.7 Å². The first kappa shape index (κ1) is 8.52. The monoisotopic (exact) mass is 168 g/mol. The fourth-order valence-corrected chi connectivity index (χ4v) is 2.51. The van der Waals surface area contributed by atoms with Crippen molar-refractivity contribution in [3.05, 3.63) is 0 Å². The van der Waals surface area contributed by atoms with Gasteiger partial charge >= 0.3 is 0 Å². The average molecular weight is 168 g/mol. The van der Waals surface area contributed by atoms with Crippen molar-refractivity contribution < 1.29 is 0 Å². The summed E-state index contributed by atoms with van der Waals surface area (Å²) < 4.78 is 0. The minimum atomic E-state index is 0.189. The molecule has 1 atom stereocenters. The van der Waals surface area contributed by atoms with E-state index in [1.165, 1.54) is 32.4 Å². The molecular weight excluding hydrogens is 148 g/mol. The molecule has 2 heteroatoms. The van der Waals surface area contributed by atoms with Crippen LogP contribution < -0.4 is 5.73 Å². The largest absolute Gasteiger partial charge is 0.324 e. The number of hydrogen-bond acceptors (Lipinski definition) is 2. The predicted octanol–water partition coefficient (Wildman–Crippen LogP) is 1.21. The molecule has 1 unspecified atom stereocenters. The van der Waals surface area contributed by atoms with Crippen LogP contribution in [0.25, 0.3) is 0 Å². The first-order valence-corrected chi connectivity index (χ1v) is 5.16. The Balaban J connectivity index is 2.01. The van der Waals surface area contributed by atoms with Gasteiger partial charge in [-0.3, -0.25) is 4.90 Å². The molecule has 2 N–H and O–H groups in total. The van der Waals surface area contributed by atoms with Gasteiger partial charge in [-0.15, -0.1) is 0 Å². The van der Waals surface area contributed by atoms with E-state index < -0.39 is 0 Å². The van der Waals surface area contributed by atoms with E-state index in [1.54, 1.807) is 0 Å². The number of nitrogens with two attached hydrogens (primary N) is 1. The van der Waals surface area contributed by atoms with Gasteiger partial charge in [-0.2, -0.15) is 0 Å². The molecule has 0 aromatic carbocycles. The maximum Gasteiger partial charge on any atom is 0.0316 e. The Morgan fingerprint density at radius 1 is 1.25 bits per heavy atom. The maximum absolute atomic E-state index is 6.26. The standard InChI is InChI=1S/C10H20N2/c1-8(2)9(10(11)4-5-10)12-6-3-7-12/h8-9H,3-7,11H2,1-2H3. The van der Waals surface area contributed by atoms with Crippen molar-refractivity contribution in [1.82, 2.24) is 4.90 Å². The molecule has 2 rings (SSSR count).